The van der Waals surface area contributed by atoms with E-state index in [1.54, 1.807) is 24.3 Å². The standard InChI is InChI=1S/C26H30N2O4S/c1-5-18(2)17-27-15-14-22-21-8-6-7-9-23(21)28(26(22)24(27)16-25(29)32-4)33(30,31)20-12-10-19(3)11-13-20/h6-13,24H,2,5,14-17H2,1,3-4H3. The Morgan fingerprint density at radius 1 is 1.15 bits per heavy atom. The Labute approximate surface area is 195 Å². The van der Waals surface area contributed by atoms with Gasteiger partial charge in [-0.3, -0.25) is 9.69 Å². The maximum Gasteiger partial charge on any atom is 0.307 e. The molecule has 1 atom stereocenters. The molecule has 7 heteroatoms. The molecule has 0 saturated heterocycles. The number of para-hydroxylation sites is 1. The van der Waals surface area contributed by atoms with Crippen molar-refractivity contribution in [3.63, 3.8) is 0 Å². The number of esters is 1. The maximum absolute atomic E-state index is 14.0. The van der Waals surface area contributed by atoms with E-state index < -0.39 is 16.1 Å². The Morgan fingerprint density at radius 2 is 1.85 bits per heavy atom. The molecule has 1 aliphatic heterocycles. The number of rotatable bonds is 7. The average molecular weight is 467 g/mol. The molecule has 0 saturated carbocycles. The van der Waals surface area contributed by atoms with E-state index in [9.17, 15) is 13.2 Å². The van der Waals surface area contributed by atoms with Gasteiger partial charge in [0.15, 0.2) is 0 Å². The zero-order valence-corrected chi connectivity index (χ0v) is 20.2. The van der Waals surface area contributed by atoms with Crippen LogP contribution in [0, 0.1) is 6.92 Å². The Balaban J connectivity index is 1.98. The monoisotopic (exact) mass is 466 g/mol. The first-order valence-electron chi connectivity index (χ1n) is 11.2. The molecule has 0 amide bonds. The first-order valence-corrected chi connectivity index (χ1v) is 12.6. The van der Waals surface area contributed by atoms with Crippen LogP contribution >= 0.6 is 0 Å². The highest BCUT2D eigenvalue weighted by Gasteiger charge is 2.38. The molecule has 0 spiro atoms. The molecule has 1 aliphatic rings. The van der Waals surface area contributed by atoms with Crippen LogP contribution in [0.3, 0.4) is 0 Å². The largest absolute Gasteiger partial charge is 0.469 e. The average Bonchev–Trinajstić information content (AvgIpc) is 3.16. The lowest BCUT2D eigenvalue weighted by Crippen LogP contribution is -2.39. The molecule has 0 N–H and O–H groups in total. The van der Waals surface area contributed by atoms with Crippen molar-refractivity contribution in [3.8, 4) is 0 Å². The number of carbonyl (C=O) groups excluding carboxylic acids is 1. The van der Waals surface area contributed by atoms with Gasteiger partial charge in [-0.1, -0.05) is 55.0 Å². The number of aromatic nitrogens is 1. The van der Waals surface area contributed by atoms with Gasteiger partial charge >= 0.3 is 5.97 Å². The van der Waals surface area contributed by atoms with Gasteiger partial charge in [0.25, 0.3) is 10.0 Å². The number of carbonyl (C=O) groups is 1. The van der Waals surface area contributed by atoms with Crippen molar-refractivity contribution >= 4 is 26.9 Å². The zero-order chi connectivity index (χ0) is 23.8. The molecule has 0 fully saturated rings. The van der Waals surface area contributed by atoms with Crippen molar-refractivity contribution in [1.82, 2.24) is 8.87 Å². The van der Waals surface area contributed by atoms with Gasteiger partial charge in [-0.15, -0.1) is 0 Å². The van der Waals surface area contributed by atoms with Crippen LogP contribution in [-0.4, -0.2) is 43.5 Å². The first-order chi connectivity index (χ1) is 15.8. The first kappa shape index (κ1) is 23.3. The third kappa shape index (κ3) is 4.23. The summed E-state index contributed by atoms with van der Waals surface area (Å²) in [5.74, 6) is -0.371. The highest BCUT2D eigenvalue weighted by Crippen LogP contribution is 2.41. The highest BCUT2D eigenvalue weighted by molar-refractivity contribution is 7.90. The second-order valence-electron chi connectivity index (χ2n) is 8.58. The van der Waals surface area contributed by atoms with Gasteiger partial charge in [-0.05, 0) is 43.5 Å². The molecule has 6 nitrogen and oxygen atoms in total. The van der Waals surface area contributed by atoms with Crippen molar-refractivity contribution in [2.45, 2.75) is 44.0 Å². The van der Waals surface area contributed by atoms with Crippen molar-refractivity contribution in [2.24, 2.45) is 0 Å². The lowest BCUT2D eigenvalue weighted by Gasteiger charge is -2.36. The summed E-state index contributed by atoms with van der Waals surface area (Å²) in [6, 6.07) is 14.0. The molecule has 174 valence electrons. The van der Waals surface area contributed by atoms with Gasteiger partial charge in [0, 0.05) is 18.5 Å². The smallest absolute Gasteiger partial charge is 0.307 e. The minimum atomic E-state index is -3.90. The second-order valence-corrected chi connectivity index (χ2v) is 10.4. The molecule has 1 unspecified atom stereocenters. The van der Waals surface area contributed by atoms with Crippen molar-refractivity contribution in [3.05, 3.63) is 77.5 Å². The van der Waals surface area contributed by atoms with Crippen LogP contribution in [0.4, 0.5) is 0 Å². The number of hydrogen-bond acceptors (Lipinski definition) is 5. The molecule has 2 heterocycles. The van der Waals surface area contributed by atoms with Crippen LogP contribution in [0.2, 0.25) is 0 Å². The lowest BCUT2D eigenvalue weighted by atomic mass is 9.94. The summed E-state index contributed by atoms with van der Waals surface area (Å²) >= 11 is 0. The number of aryl methyl sites for hydroxylation is 1. The number of ether oxygens (including phenoxy) is 1. The Morgan fingerprint density at radius 3 is 2.52 bits per heavy atom. The SMILES string of the molecule is C=C(CC)CN1CCc2c(n(S(=O)(=O)c3ccc(C)cc3)c3ccccc23)C1CC(=O)OC. The normalized spacial score (nSPS) is 16.5. The quantitative estimate of drug-likeness (QED) is 0.376. The second kappa shape index (κ2) is 9.15. The number of nitrogens with zero attached hydrogens (tertiary/aromatic N) is 2. The van der Waals surface area contributed by atoms with E-state index in [4.69, 9.17) is 4.74 Å². The molecule has 2 aromatic carbocycles. The summed E-state index contributed by atoms with van der Waals surface area (Å²) in [5.41, 5.74) is 4.29. The maximum atomic E-state index is 14.0. The van der Waals surface area contributed by atoms with Crippen molar-refractivity contribution in [2.75, 3.05) is 20.2 Å². The van der Waals surface area contributed by atoms with Gasteiger partial charge in [0.1, 0.15) is 0 Å². The van der Waals surface area contributed by atoms with Crippen LogP contribution in [0.1, 0.15) is 42.6 Å². The van der Waals surface area contributed by atoms with Gasteiger partial charge in [-0.2, -0.15) is 0 Å². The molecular formula is C26H30N2O4S. The molecule has 3 aromatic rings. The summed E-state index contributed by atoms with van der Waals surface area (Å²) < 4.78 is 34.4. The lowest BCUT2D eigenvalue weighted by molar-refractivity contribution is -0.142. The van der Waals surface area contributed by atoms with Crippen LogP contribution < -0.4 is 0 Å². The van der Waals surface area contributed by atoms with Gasteiger partial charge in [-0.25, -0.2) is 12.4 Å². The van der Waals surface area contributed by atoms with E-state index >= 15 is 0 Å². The Bertz CT molecular complexity index is 1310. The fourth-order valence-electron chi connectivity index (χ4n) is 4.61. The molecular weight excluding hydrogens is 436 g/mol. The molecule has 4 rings (SSSR count). The minimum Gasteiger partial charge on any atom is -0.469 e. The minimum absolute atomic E-state index is 0.0697. The van der Waals surface area contributed by atoms with Gasteiger partial charge in [0.05, 0.1) is 35.7 Å². The number of methoxy groups -OCH3 is 1. The van der Waals surface area contributed by atoms with E-state index in [1.165, 1.54) is 11.1 Å². The van der Waals surface area contributed by atoms with Crippen LogP contribution in [0.25, 0.3) is 10.9 Å². The molecule has 0 radical (unpaired) electrons. The number of fused-ring (bicyclic) bond motifs is 3. The van der Waals surface area contributed by atoms with Gasteiger partial charge in [0.2, 0.25) is 0 Å². The van der Waals surface area contributed by atoms with Crippen molar-refractivity contribution < 1.29 is 17.9 Å². The highest BCUT2D eigenvalue weighted by atomic mass is 32.2. The summed E-state index contributed by atoms with van der Waals surface area (Å²) in [5, 5.41) is 0.909. The number of hydrogen-bond donors (Lipinski definition) is 0. The Kier molecular flexibility index (Phi) is 6.45. The van der Waals surface area contributed by atoms with Gasteiger partial charge < -0.3 is 4.74 Å². The van der Waals surface area contributed by atoms with Crippen LogP contribution in [-0.2, 0) is 26.0 Å². The molecule has 0 aliphatic carbocycles. The fourth-order valence-corrected chi connectivity index (χ4v) is 6.21. The van der Waals surface area contributed by atoms with E-state index in [0.717, 1.165) is 28.5 Å². The van der Waals surface area contributed by atoms with E-state index in [-0.39, 0.29) is 17.3 Å². The molecule has 0 bridgehead atoms. The van der Waals surface area contributed by atoms with E-state index in [0.29, 0.717) is 30.7 Å². The van der Waals surface area contributed by atoms with Crippen LogP contribution in [0.5, 0.6) is 0 Å². The molecule has 33 heavy (non-hydrogen) atoms. The van der Waals surface area contributed by atoms with E-state index in [2.05, 4.69) is 11.5 Å². The predicted octanol–water partition coefficient (Wildman–Crippen LogP) is 4.62. The zero-order valence-electron chi connectivity index (χ0n) is 19.4. The summed E-state index contributed by atoms with van der Waals surface area (Å²) in [7, 11) is -2.54. The number of benzene rings is 2. The summed E-state index contributed by atoms with van der Waals surface area (Å²) in [4.78, 5) is 14.8. The van der Waals surface area contributed by atoms with Crippen molar-refractivity contribution in [1.29, 1.82) is 0 Å². The predicted molar refractivity (Wildman–Crippen MR) is 130 cm³/mol. The molecule has 1 aromatic heterocycles. The fraction of sp³-hybridized carbons (Fsp3) is 0.346. The third-order valence-electron chi connectivity index (χ3n) is 6.45. The van der Waals surface area contributed by atoms with E-state index in [1.807, 2.05) is 38.1 Å². The topological polar surface area (TPSA) is 68.6 Å². The third-order valence-corrected chi connectivity index (χ3v) is 8.20. The summed E-state index contributed by atoms with van der Waals surface area (Å²) in [6.45, 7) is 9.43. The Hall–Kier alpha value is -2.90. The summed E-state index contributed by atoms with van der Waals surface area (Å²) in [6.07, 6.45) is 1.58. The van der Waals surface area contributed by atoms with Crippen LogP contribution in [0.15, 0.2) is 65.6 Å².